The predicted molar refractivity (Wildman–Crippen MR) is 115 cm³/mol. The zero-order valence-electron chi connectivity index (χ0n) is 15.2. The molecule has 0 saturated carbocycles. The average molecular weight is 409 g/mol. The number of thiophene rings is 1. The number of para-hydroxylation sites is 1. The number of benzene rings is 1. The maximum atomic E-state index is 12.6. The van der Waals surface area contributed by atoms with E-state index in [1.165, 1.54) is 10.4 Å². The lowest BCUT2D eigenvalue weighted by atomic mass is 10.2. The van der Waals surface area contributed by atoms with Gasteiger partial charge in [-0.15, -0.1) is 11.3 Å². The molecule has 0 bridgehead atoms. The van der Waals surface area contributed by atoms with Crippen LogP contribution in [-0.4, -0.2) is 19.7 Å². The molecule has 4 aromatic rings. The molecule has 5 nitrogen and oxygen atoms in total. The third-order valence-electron chi connectivity index (χ3n) is 5.05. The maximum Gasteiger partial charge on any atom is 0.260 e. The number of hydrogen-bond donors (Lipinski definition) is 1. The highest BCUT2D eigenvalue weighted by Gasteiger charge is 2.20. The van der Waals surface area contributed by atoms with Crippen LogP contribution in [0.2, 0.25) is 5.15 Å². The summed E-state index contributed by atoms with van der Waals surface area (Å²) in [6.45, 7) is 1.91. The lowest BCUT2D eigenvalue weighted by molar-refractivity contribution is 0.863. The van der Waals surface area contributed by atoms with Crippen molar-refractivity contribution in [1.29, 1.82) is 0 Å². The first kappa shape index (κ1) is 17.4. The average Bonchev–Trinajstić information content (AvgIpc) is 3.34. The number of hydrogen-bond acceptors (Lipinski definition) is 4. The molecule has 0 saturated heterocycles. The van der Waals surface area contributed by atoms with Gasteiger partial charge in [-0.3, -0.25) is 4.79 Å². The molecule has 0 unspecified atom stereocenters. The van der Waals surface area contributed by atoms with E-state index in [-0.39, 0.29) is 5.56 Å². The van der Waals surface area contributed by atoms with Crippen molar-refractivity contribution < 1.29 is 0 Å². The summed E-state index contributed by atoms with van der Waals surface area (Å²) < 4.78 is 1.71. The fourth-order valence-electron chi connectivity index (χ4n) is 3.70. The summed E-state index contributed by atoms with van der Waals surface area (Å²) in [7, 11) is 0. The van der Waals surface area contributed by atoms with Gasteiger partial charge in [0.2, 0.25) is 0 Å². The van der Waals surface area contributed by atoms with Gasteiger partial charge in [0.15, 0.2) is 0 Å². The molecule has 0 amide bonds. The first-order valence-electron chi connectivity index (χ1n) is 9.15. The third-order valence-corrected chi connectivity index (χ3v) is 6.60. The molecule has 0 radical (unpaired) electrons. The van der Waals surface area contributed by atoms with Crippen molar-refractivity contribution in [2.75, 3.05) is 0 Å². The lowest BCUT2D eigenvalue weighted by Crippen LogP contribution is -2.09. The van der Waals surface area contributed by atoms with Crippen LogP contribution in [0.3, 0.4) is 0 Å². The van der Waals surface area contributed by atoms with Gasteiger partial charge in [0.05, 0.1) is 16.8 Å². The van der Waals surface area contributed by atoms with Crippen LogP contribution in [0.4, 0.5) is 0 Å². The van der Waals surface area contributed by atoms with E-state index in [0.29, 0.717) is 11.0 Å². The van der Waals surface area contributed by atoms with Crippen LogP contribution in [-0.2, 0) is 12.8 Å². The number of aryl methyl sites for hydroxylation is 3. The summed E-state index contributed by atoms with van der Waals surface area (Å²) in [5.74, 6) is 0.528. The van der Waals surface area contributed by atoms with Crippen LogP contribution in [0.15, 0.2) is 35.1 Å². The van der Waals surface area contributed by atoms with Gasteiger partial charge in [-0.05, 0) is 56.0 Å². The second-order valence-electron chi connectivity index (χ2n) is 6.86. The molecular weight excluding hydrogens is 392 g/mol. The van der Waals surface area contributed by atoms with Crippen molar-refractivity contribution in [2.24, 2.45) is 0 Å². The van der Waals surface area contributed by atoms with E-state index in [0.717, 1.165) is 46.4 Å². The molecule has 3 aromatic heterocycles. The maximum absolute atomic E-state index is 12.6. The number of nitrogens with zero attached hydrogens (tertiary/aromatic N) is 3. The van der Waals surface area contributed by atoms with Crippen molar-refractivity contribution in [3.8, 4) is 5.69 Å². The fourth-order valence-corrected chi connectivity index (χ4v) is 5.31. The zero-order valence-corrected chi connectivity index (χ0v) is 16.8. The van der Waals surface area contributed by atoms with Crippen molar-refractivity contribution in [3.05, 3.63) is 73.4 Å². The molecule has 0 fully saturated rings. The van der Waals surface area contributed by atoms with Crippen LogP contribution in [0, 0.1) is 6.92 Å². The summed E-state index contributed by atoms with van der Waals surface area (Å²) >= 11 is 8.20. The van der Waals surface area contributed by atoms with Gasteiger partial charge in [-0.25, -0.2) is 9.67 Å². The molecule has 7 heteroatoms. The van der Waals surface area contributed by atoms with Crippen LogP contribution in [0.25, 0.3) is 28.1 Å². The Hall–Kier alpha value is -2.70. The number of aromatic amines is 1. The number of H-pyrrole nitrogens is 1. The predicted octanol–water partition coefficient (Wildman–Crippen LogP) is 4.79. The van der Waals surface area contributed by atoms with Gasteiger partial charge >= 0.3 is 0 Å². The molecular formula is C21H17ClN4OS. The molecule has 1 aliphatic rings. The summed E-state index contributed by atoms with van der Waals surface area (Å²) in [6.07, 6.45) is 6.80. The van der Waals surface area contributed by atoms with Gasteiger partial charge in [0, 0.05) is 10.4 Å². The van der Waals surface area contributed by atoms with Crippen LogP contribution >= 0.6 is 22.9 Å². The Kier molecular flexibility index (Phi) is 4.18. The molecule has 1 aromatic carbocycles. The monoisotopic (exact) mass is 408 g/mol. The van der Waals surface area contributed by atoms with Crippen molar-refractivity contribution in [3.63, 3.8) is 0 Å². The molecule has 0 aliphatic heterocycles. The second kappa shape index (κ2) is 6.72. The number of aromatic nitrogens is 4. The lowest BCUT2D eigenvalue weighted by Gasteiger charge is -2.02. The quantitative estimate of drug-likeness (QED) is 0.530. The first-order valence-corrected chi connectivity index (χ1v) is 10.3. The minimum atomic E-state index is -0.0631. The Labute approximate surface area is 170 Å². The summed E-state index contributed by atoms with van der Waals surface area (Å²) in [6, 6.07) is 9.75. The minimum absolute atomic E-state index is 0.0631. The van der Waals surface area contributed by atoms with Crippen LogP contribution in [0.1, 0.15) is 33.9 Å². The van der Waals surface area contributed by atoms with Gasteiger partial charge in [0.25, 0.3) is 5.56 Å². The largest absolute Gasteiger partial charge is 0.306 e. The standard InChI is InChI=1S/C21H17ClN4OS/c1-12-14(19(22)26(25-12)13-6-3-2-4-7-13)10-11-17-23-20(27)18-15-8-5-9-16(15)28-21(18)24-17/h2-4,6-7,10-11H,5,8-9H2,1H3,(H,23,24,27)/b11-10+. The van der Waals surface area contributed by atoms with E-state index in [1.807, 2.05) is 43.3 Å². The number of rotatable bonds is 3. The Morgan fingerprint density at radius 1 is 1.21 bits per heavy atom. The zero-order chi connectivity index (χ0) is 19.3. The van der Waals surface area contributed by atoms with Gasteiger partial charge in [0.1, 0.15) is 15.8 Å². The smallest absolute Gasteiger partial charge is 0.260 e. The molecule has 3 heterocycles. The molecule has 28 heavy (non-hydrogen) atoms. The van der Waals surface area contributed by atoms with E-state index < -0.39 is 0 Å². The third kappa shape index (κ3) is 2.80. The fraction of sp³-hybridized carbons (Fsp3) is 0.190. The van der Waals surface area contributed by atoms with E-state index >= 15 is 0 Å². The highest BCUT2D eigenvalue weighted by Crippen LogP contribution is 2.34. The molecule has 1 N–H and O–H groups in total. The van der Waals surface area contributed by atoms with E-state index in [9.17, 15) is 4.79 Å². The van der Waals surface area contributed by atoms with Gasteiger partial charge in [-0.2, -0.15) is 5.10 Å². The summed E-state index contributed by atoms with van der Waals surface area (Å²) in [4.78, 5) is 22.2. The number of halogens is 1. The Balaban J connectivity index is 1.53. The first-order chi connectivity index (χ1) is 13.6. The molecule has 5 rings (SSSR count). The summed E-state index contributed by atoms with van der Waals surface area (Å²) in [5.41, 5.74) is 3.64. The highest BCUT2D eigenvalue weighted by atomic mass is 35.5. The van der Waals surface area contributed by atoms with Crippen LogP contribution < -0.4 is 5.56 Å². The number of fused-ring (bicyclic) bond motifs is 3. The molecule has 0 atom stereocenters. The highest BCUT2D eigenvalue weighted by molar-refractivity contribution is 7.18. The SMILES string of the molecule is Cc1nn(-c2ccccc2)c(Cl)c1/C=C/c1nc2sc3c(c2c(=O)[nH]1)CCC3. The topological polar surface area (TPSA) is 63.6 Å². The second-order valence-corrected chi connectivity index (χ2v) is 8.30. The van der Waals surface area contributed by atoms with E-state index in [2.05, 4.69) is 15.1 Å². The van der Waals surface area contributed by atoms with E-state index in [1.54, 1.807) is 22.1 Å². The van der Waals surface area contributed by atoms with Gasteiger partial charge in [-0.1, -0.05) is 29.8 Å². The van der Waals surface area contributed by atoms with E-state index in [4.69, 9.17) is 11.6 Å². The van der Waals surface area contributed by atoms with Crippen molar-refractivity contribution in [2.45, 2.75) is 26.2 Å². The summed E-state index contributed by atoms with van der Waals surface area (Å²) in [5, 5.41) is 5.83. The van der Waals surface area contributed by atoms with Crippen molar-refractivity contribution >= 4 is 45.3 Å². The number of nitrogens with one attached hydrogen (secondary N) is 1. The Bertz CT molecular complexity index is 1280. The Morgan fingerprint density at radius 3 is 2.86 bits per heavy atom. The normalized spacial score (nSPS) is 13.6. The molecule has 140 valence electrons. The Morgan fingerprint density at radius 2 is 2.04 bits per heavy atom. The molecule has 1 aliphatic carbocycles. The minimum Gasteiger partial charge on any atom is -0.306 e. The van der Waals surface area contributed by atoms with Crippen molar-refractivity contribution in [1.82, 2.24) is 19.7 Å². The van der Waals surface area contributed by atoms with Gasteiger partial charge < -0.3 is 4.98 Å². The molecule has 0 spiro atoms. The van der Waals surface area contributed by atoms with Crippen LogP contribution in [0.5, 0.6) is 0 Å².